The predicted octanol–water partition coefficient (Wildman–Crippen LogP) is 2.37. The van der Waals surface area contributed by atoms with Crippen LogP contribution in [0.1, 0.15) is 25.8 Å². The smallest absolute Gasteiger partial charge is 0.324 e. The van der Waals surface area contributed by atoms with Crippen molar-refractivity contribution < 1.29 is 9.53 Å². The number of esters is 1. The molecule has 1 N–H and O–H groups in total. The van der Waals surface area contributed by atoms with Crippen LogP contribution >= 0.6 is 0 Å². The minimum atomic E-state index is -0.441. The van der Waals surface area contributed by atoms with Crippen molar-refractivity contribution in [2.45, 2.75) is 32.9 Å². The van der Waals surface area contributed by atoms with Gasteiger partial charge >= 0.3 is 5.97 Å². The zero-order valence-corrected chi connectivity index (χ0v) is 11.6. The van der Waals surface area contributed by atoms with Crippen LogP contribution in [-0.4, -0.2) is 18.6 Å². The van der Waals surface area contributed by atoms with Gasteiger partial charge < -0.3 is 4.74 Å². The summed E-state index contributed by atoms with van der Waals surface area (Å²) < 4.78 is 5.21. The molecule has 1 rings (SSSR count). The summed E-state index contributed by atoms with van der Waals surface area (Å²) in [6, 6.07) is 9.44. The zero-order chi connectivity index (χ0) is 14.1. The van der Waals surface area contributed by atoms with E-state index in [9.17, 15) is 4.79 Å². The Bertz CT molecular complexity index is 420. The lowest BCUT2D eigenvalue weighted by Crippen LogP contribution is -2.37. The highest BCUT2D eigenvalue weighted by Gasteiger charge is 2.18. The molecule has 1 unspecified atom stereocenters. The minimum Gasteiger partial charge on any atom is -0.464 e. The van der Waals surface area contributed by atoms with Gasteiger partial charge in [0.15, 0.2) is 0 Å². The summed E-state index contributed by atoms with van der Waals surface area (Å²) in [5, 5.41) is 3.14. The highest BCUT2D eigenvalue weighted by Crippen LogP contribution is 2.02. The number of carbonyl (C=O) groups excluding carboxylic acids is 1. The van der Waals surface area contributed by atoms with Gasteiger partial charge in [-0.05, 0) is 11.5 Å². The molecule has 0 fully saturated rings. The first-order valence-electron chi connectivity index (χ1n) is 6.51. The van der Waals surface area contributed by atoms with Crippen molar-refractivity contribution in [3.63, 3.8) is 0 Å². The Morgan fingerprint density at radius 2 is 2.05 bits per heavy atom. The van der Waals surface area contributed by atoms with Crippen molar-refractivity contribution in [2.24, 2.45) is 5.92 Å². The number of hydrogen-bond donors (Lipinski definition) is 1. The fourth-order valence-corrected chi connectivity index (χ4v) is 1.54. The molecular formula is C16H21NO2. The third kappa shape index (κ3) is 6.08. The van der Waals surface area contributed by atoms with Crippen molar-refractivity contribution in [2.75, 3.05) is 6.61 Å². The van der Waals surface area contributed by atoms with E-state index in [1.54, 1.807) is 0 Å². The summed E-state index contributed by atoms with van der Waals surface area (Å²) in [6.07, 6.45) is 5.63. The third-order valence-electron chi connectivity index (χ3n) is 2.56. The van der Waals surface area contributed by atoms with Crippen LogP contribution in [0.25, 0.3) is 0 Å². The van der Waals surface area contributed by atoms with Gasteiger partial charge in [0.05, 0.1) is 6.61 Å². The van der Waals surface area contributed by atoms with Crippen molar-refractivity contribution in [1.29, 1.82) is 0 Å². The number of benzene rings is 1. The molecule has 0 bridgehead atoms. The van der Waals surface area contributed by atoms with E-state index < -0.39 is 6.04 Å². The second kappa shape index (κ2) is 8.34. The highest BCUT2D eigenvalue weighted by atomic mass is 16.5. The first-order valence-corrected chi connectivity index (χ1v) is 6.51. The molecule has 19 heavy (non-hydrogen) atoms. The Morgan fingerprint density at radius 1 is 1.37 bits per heavy atom. The van der Waals surface area contributed by atoms with Crippen LogP contribution in [0.2, 0.25) is 0 Å². The van der Waals surface area contributed by atoms with E-state index in [4.69, 9.17) is 11.2 Å². The van der Waals surface area contributed by atoms with Crippen LogP contribution in [0.5, 0.6) is 0 Å². The monoisotopic (exact) mass is 259 g/mol. The van der Waals surface area contributed by atoms with Crippen LogP contribution < -0.4 is 5.32 Å². The van der Waals surface area contributed by atoms with Gasteiger partial charge in [-0.1, -0.05) is 44.2 Å². The maximum absolute atomic E-state index is 11.9. The van der Waals surface area contributed by atoms with E-state index in [-0.39, 0.29) is 5.97 Å². The van der Waals surface area contributed by atoms with Crippen molar-refractivity contribution in [3.8, 4) is 12.3 Å². The van der Waals surface area contributed by atoms with Crippen LogP contribution in [0.3, 0.4) is 0 Å². The average Bonchev–Trinajstić information content (AvgIpc) is 2.42. The number of terminal acetylenes is 1. The molecule has 0 saturated carbocycles. The van der Waals surface area contributed by atoms with Gasteiger partial charge in [-0.2, -0.15) is 0 Å². The molecule has 0 amide bonds. The van der Waals surface area contributed by atoms with Crippen molar-refractivity contribution in [3.05, 3.63) is 35.9 Å². The van der Waals surface area contributed by atoms with Gasteiger partial charge in [-0.3, -0.25) is 10.1 Å². The van der Waals surface area contributed by atoms with E-state index in [0.717, 1.165) is 5.56 Å². The fraction of sp³-hybridized carbons (Fsp3) is 0.438. The van der Waals surface area contributed by atoms with Crippen LogP contribution in [0.4, 0.5) is 0 Å². The Morgan fingerprint density at radius 3 is 2.63 bits per heavy atom. The Hall–Kier alpha value is -1.79. The van der Waals surface area contributed by atoms with E-state index >= 15 is 0 Å². The first-order chi connectivity index (χ1) is 9.13. The van der Waals surface area contributed by atoms with Gasteiger partial charge in [0.2, 0.25) is 0 Å². The van der Waals surface area contributed by atoms with E-state index in [0.29, 0.717) is 25.5 Å². The number of carbonyl (C=O) groups is 1. The Kier molecular flexibility index (Phi) is 6.70. The SMILES string of the molecule is C#CCC(NCc1ccccc1)C(=O)OCC(C)C. The number of nitrogens with one attached hydrogen (secondary N) is 1. The maximum atomic E-state index is 11.9. The van der Waals surface area contributed by atoms with Gasteiger partial charge in [0.25, 0.3) is 0 Å². The molecule has 102 valence electrons. The van der Waals surface area contributed by atoms with Crippen LogP contribution in [0.15, 0.2) is 30.3 Å². The predicted molar refractivity (Wildman–Crippen MR) is 76.3 cm³/mol. The average molecular weight is 259 g/mol. The second-order valence-corrected chi connectivity index (χ2v) is 4.85. The molecule has 1 aromatic rings. The summed E-state index contributed by atoms with van der Waals surface area (Å²) in [7, 11) is 0. The van der Waals surface area contributed by atoms with Gasteiger partial charge in [-0.15, -0.1) is 12.3 Å². The molecule has 0 heterocycles. The number of ether oxygens (including phenoxy) is 1. The molecular weight excluding hydrogens is 238 g/mol. The van der Waals surface area contributed by atoms with E-state index in [1.165, 1.54) is 0 Å². The van der Waals surface area contributed by atoms with E-state index in [1.807, 2.05) is 44.2 Å². The summed E-state index contributed by atoms with van der Waals surface area (Å²) in [6.45, 7) is 5.03. The third-order valence-corrected chi connectivity index (χ3v) is 2.56. The highest BCUT2D eigenvalue weighted by molar-refractivity contribution is 5.76. The van der Waals surface area contributed by atoms with Gasteiger partial charge in [0.1, 0.15) is 6.04 Å². The molecule has 0 saturated heterocycles. The summed E-state index contributed by atoms with van der Waals surface area (Å²) >= 11 is 0. The summed E-state index contributed by atoms with van der Waals surface area (Å²) in [4.78, 5) is 11.9. The lowest BCUT2D eigenvalue weighted by Gasteiger charge is -2.16. The number of rotatable bonds is 7. The summed E-state index contributed by atoms with van der Waals surface area (Å²) in [5.74, 6) is 2.56. The second-order valence-electron chi connectivity index (χ2n) is 4.85. The standard InChI is InChI=1S/C16H21NO2/c1-4-8-15(16(18)19-12-13(2)3)17-11-14-9-6-5-7-10-14/h1,5-7,9-10,13,15,17H,8,11-12H2,2-3H3. The van der Waals surface area contributed by atoms with Crippen molar-refractivity contribution >= 4 is 5.97 Å². The summed E-state index contributed by atoms with van der Waals surface area (Å²) in [5.41, 5.74) is 1.11. The molecule has 0 aliphatic rings. The molecule has 0 radical (unpaired) electrons. The first kappa shape index (κ1) is 15.3. The molecule has 1 aromatic carbocycles. The van der Waals surface area contributed by atoms with Crippen LogP contribution in [-0.2, 0) is 16.1 Å². The molecule has 0 spiro atoms. The largest absolute Gasteiger partial charge is 0.464 e. The molecule has 0 aliphatic heterocycles. The lowest BCUT2D eigenvalue weighted by atomic mass is 10.1. The Balaban J connectivity index is 2.48. The molecule has 1 atom stereocenters. The number of hydrogen-bond acceptors (Lipinski definition) is 3. The van der Waals surface area contributed by atoms with Crippen molar-refractivity contribution in [1.82, 2.24) is 5.32 Å². The minimum absolute atomic E-state index is 0.275. The van der Waals surface area contributed by atoms with Gasteiger partial charge in [0, 0.05) is 13.0 Å². The molecule has 3 heteroatoms. The Labute approximate surface area is 115 Å². The maximum Gasteiger partial charge on any atom is 0.324 e. The molecule has 0 aliphatic carbocycles. The van der Waals surface area contributed by atoms with Crippen LogP contribution in [0, 0.1) is 18.3 Å². The quantitative estimate of drug-likeness (QED) is 0.603. The zero-order valence-electron chi connectivity index (χ0n) is 11.6. The van der Waals surface area contributed by atoms with E-state index in [2.05, 4.69) is 11.2 Å². The molecule has 0 aromatic heterocycles. The van der Waals surface area contributed by atoms with Gasteiger partial charge in [-0.25, -0.2) is 0 Å². The molecule has 3 nitrogen and oxygen atoms in total. The fourth-order valence-electron chi connectivity index (χ4n) is 1.54. The topological polar surface area (TPSA) is 38.3 Å². The normalized spacial score (nSPS) is 11.9. The lowest BCUT2D eigenvalue weighted by molar-refractivity contribution is -0.147.